The van der Waals surface area contributed by atoms with E-state index >= 15 is 0 Å². The second-order valence-electron chi connectivity index (χ2n) is 5.75. The van der Waals surface area contributed by atoms with Crippen molar-refractivity contribution in [3.8, 4) is 0 Å². The van der Waals surface area contributed by atoms with E-state index in [1.54, 1.807) is 7.11 Å². The Kier molecular flexibility index (Phi) is 3.95. The number of ether oxygens (including phenoxy) is 2. The zero-order chi connectivity index (χ0) is 14.9. The molecule has 1 aliphatic heterocycles. The monoisotopic (exact) mass is 296 g/mol. The number of aromatic nitrogens is 2. The Bertz CT molecular complexity index is 509. The van der Waals surface area contributed by atoms with Crippen molar-refractivity contribution in [3.05, 3.63) is 11.7 Å². The maximum Gasteiger partial charge on any atom is 0.307 e. The minimum Gasteiger partial charge on any atom is -0.481 e. The Hall–Kier alpha value is -1.47. The van der Waals surface area contributed by atoms with Gasteiger partial charge in [0.15, 0.2) is 0 Å². The first-order valence-corrected chi connectivity index (χ1v) is 7.36. The highest BCUT2D eigenvalue weighted by molar-refractivity contribution is 5.71. The molecular formula is C14H20N2O5. The predicted octanol–water partition coefficient (Wildman–Crippen LogP) is 1.69. The first-order valence-electron chi connectivity index (χ1n) is 7.36. The molecule has 0 spiro atoms. The lowest BCUT2D eigenvalue weighted by Crippen LogP contribution is -2.36. The van der Waals surface area contributed by atoms with E-state index in [9.17, 15) is 9.90 Å². The fourth-order valence-electron chi connectivity index (χ4n) is 3.34. The SMILES string of the molecule is COC1(c2noc(C3CCCC3C(=O)O)n2)CCOCC1. The Balaban J connectivity index is 1.84. The lowest BCUT2D eigenvalue weighted by Gasteiger charge is -2.32. The predicted molar refractivity (Wildman–Crippen MR) is 70.8 cm³/mol. The van der Waals surface area contributed by atoms with E-state index in [2.05, 4.69) is 10.1 Å². The molecule has 7 heteroatoms. The summed E-state index contributed by atoms with van der Waals surface area (Å²) in [5, 5.41) is 13.3. The summed E-state index contributed by atoms with van der Waals surface area (Å²) < 4.78 is 16.4. The molecule has 2 heterocycles. The van der Waals surface area contributed by atoms with Crippen molar-refractivity contribution in [3.63, 3.8) is 0 Å². The van der Waals surface area contributed by atoms with E-state index in [0.717, 1.165) is 12.8 Å². The third-order valence-electron chi connectivity index (χ3n) is 4.69. The van der Waals surface area contributed by atoms with Crippen LogP contribution in [0.5, 0.6) is 0 Å². The number of carbonyl (C=O) groups is 1. The largest absolute Gasteiger partial charge is 0.481 e. The third-order valence-corrected chi connectivity index (χ3v) is 4.69. The van der Waals surface area contributed by atoms with E-state index in [1.165, 1.54) is 0 Å². The van der Waals surface area contributed by atoms with Crippen LogP contribution in [0.2, 0.25) is 0 Å². The normalized spacial score (nSPS) is 28.6. The molecule has 1 saturated carbocycles. The summed E-state index contributed by atoms with van der Waals surface area (Å²) >= 11 is 0. The highest BCUT2D eigenvalue weighted by atomic mass is 16.5. The number of hydrogen-bond donors (Lipinski definition) is 1. The number of aliphatic carboxylic acids is 1. The number of methoxy groups -OCH3 is 1. The maximum absolute atomic E-state index is 11.3. The second-order valence-corrected chi connectivity index (χ2v) is 5.75. The molecule has 116 valence electrons. The molecule has 2 unspecified atom stereocenters. The van der Waals surface area contributed by atoms with Crippen molar-refractivity contribution in [2.75, 3.05) is 20.3 Å². The van der Waals surface area contributed by atoms with Gasteiger partial charge < -0.3 is 19.1 Å². The van der Waals surface area contributed by atoms with Crippen LogP contribution in [0.3, 0.4) is 0 Å². The standard InChI is InChI=1S/C14H20N2O5/c1-19-14(5-7-20-8-6-14)13-15-11(21-16-13)9-3-2-4-10(9)12(17)18/h9-10H,2-8H2,1H3,(H,17,18). The van der Waals surface area contributed by atoms with Gasteiger partial charge in [-0.05, 0) is 12.8 Å². The molecular weight excluding hydrogens is 276 g/mol. The van der Waals surface area contributed by atoms with Gasteiger partial charge in [0, 0.05) is 33.2 Å². The average molecular weight is 296 g/mol. The smallest absolute Gasteiger partial charge is 0.307 e. The van der Waals surface area contributed by atoms with E-state index in [1.807, 2.05) is 0 Å². The molecule has 0 aromatic carbocycles. The Labute approximate surface area is 122 Å². The molecule has 2 atom stereocenters. The van der Waals surface area contributed by atoms with Gasteiger partial charge in [-0.2, -0.15) is 4.98 Å². The molecule has 1 aromatic heterocycles. The van der Waals surface area contributed by atoms with Crippen LogP contribution in [-0.4, -0.2) is 41.5 Å². The van der Waals surface area contributed by atoms with Gasteiger partial charge in [0.25, 0.3) is 0 Å². The summed E-state index contributed by atoms with van der Waals surface area (Å²) in [7, 11) is 1.64. The van der Waals surface area contributed by atoms with Gasteiger partial charge in [-0.3, -0.25) is 4.79 Å². The molecule has 2 aliphatic rings. The van der Waals surface area contributed by atoms with Crippen molar-refractivity contribution in [1.29, 1.82) is 0 Å². The van der Waals surface area contributed by atoms with Crippen LogP contribution in [0.15, 0.2) is 4.52 Å². The van der Waals surface area contributed by atoms with Gasteiger partial charge in [-0.25, -0.2) is 0 Å². The van der Waals surface area contributed by atoms with Crippen molar-refractivity contribution in [2.24, 2.45) is 5.92 Å². The van der Waals surface area contributed by atoms with Gasteiger partial charge in [-0.15, -0.1) is 0 Å². The summed E-state index contributed by atoms with van der Waals surface area (Å²) in [6, 6.07) is 0. The molecule has 2 fully saturated rings. The first-order chi connectivity index (χ1) is 10.2. The molecule has 1 aliphatic carbocycles. The molecule has 0 amide bonds. The summed E-state index contributed by atoms with van der Waals surface area (Å²) in [5.41, 5.74) is -0.572. The molecule has 1 saturated heterocycles. The van der Waals surface area contributed by atoms with Gasteiger partial charge >= 0.3 is 5.97 Å². The van der Waals surface area contributed by atoms with Crippen molar-refractivity contribution < 1.29 is 23.9 Å². The Morgan fingerprint density at radius 2 is 2.14 bits per heavy atom. The topological polar surface area (TPSA) is 94.7 Å². The van der Waals surface area contributed by atoms with Crippen LogP contribution >= 0.6 is 0 Å². The van der Waals surface area contributed by atoms with Gasteiger partial charge in [0.2, 0.25) is 11.7 Å². The fraction of sp³-hybridized carbons (Fsp3) is 0.786. The molecule has 1 aromatic rings. The Morgan fingerprint density at radius 1 is 1.38 bits per heavy atom. The average Bonchev–Trinajstić information content (AvgIpc) is 3.16. The third kappa shape index (κ3) is 2.55. The first kappa shape index (κ1) is 14.5. The summed E-state index contributed by atoms with van der Waals surface area (Å²) in [5.74, 6) is -0.453. The van der Waals surface area contributed by atoms with E-state index in [4.69, 9.17) is 14.0 Å². The van der Waals surface area contributed by atoms with Gasteiger partial charge in [0.1, 0.15) is 5.60 Å². The van der Waals surface area contributed by atoms with Crippen LogP contribution in [0, 0.1) is 5.92 Å². The van der Waals surface area contributed by atoms with Crippen LogP contribution in [0.1, 0.15) is 49.7 Å². The van der Waals surface area contributed by atoms with Crippen LogP contribution < -0.4 is 0 Å². The summed E-state index contributed by atoms with van der Waals surface area (Å²) in [6.45, 7) is 1.19. The quantitative estimate of drug-likeness (QED) is 0.903. The highest BCUT2D eigenvalue weighted by Crippen LogP contribution is 2.40. The van der Waals surface area contributed by atoms with Gasteiger partial charge in [0.05, 0.1) is 11.8 Å². The zero-order valence-corrected chi connectivity index (χ0v) is 12.1. The number of hydrogen-bond acceptors (Lipinski definition) is 6. The molecule has 7 nitrogen and oxygen atoms in total. The molecule has 0 radical (unpaired) electrons. The van der Waals surface area contributed by atoms with E-state index in [-0.39, 0.29) is 5.92 Å². The minimum atomic E-state index is -0.787. The van der Waals surface area contributed by atoms with E-state index in [0.29, 0.717) is 44.2 Å². The maximum atomic E-state index is 11.3. The lowest BCUT2D eigenvalue weighted by atomic mass is 9.93. The fourth-order valence-corrected chi connectivity index (χ4v) is 3.34. The van der Waals surface area contributed by atoms with Gasteiger partial charge in [-0.1, -0.05) is 11.6 Å². The highest BCUT2D eigenvalue weighted by Gasteiger charge is 2.42. The minimum absolute atomic E-state index is 0.183. The van der Waals surface area contributed by atoms with Crippen molar-refractivity contribution in [2.45, 2.75) is 43.6 Å². The molecule has 3 rings (SSSR count). The number of rotatable bonds is 4. The van der Waals surface area contributed by atoms with Crippen molar-refractivity contribution >= 4 is 5.97 Å². The second kappa shape index (κ2) is 5.73. The molecule has 1 N–H and O–H groups in total. The summed E-state index contributed by atoms with van der Waals surface area (Å²) in [4.78, 5) is 15.8. The zero-order valence-electron chi connectivity index (χ0n) is 12.1. The lowest BCUT2D eigenvalue weighted by molar-refractivity contribution is -0.142. The number of nitrogens with zero attached hydrogens (tertiary/aromatic N) is 2. The summed E-state index contributed by atoms with van der Waals surface area (Å²) in [6.07, 6.45) is 3.68. The molecule has 21 heavy (non-hydrogen) atoms. The number of carboxylic acid groups (broad SMARTS) is 1. The van der Waals surface area contributed by atoms with E-state index < -0.39 is 17.5 Å². The Morgan fingerprint density at radius 3 is 2.81 bits per heavy atom. The van der Waals surface area contributed by atoms with Crippen LogP contribution in [-0.2, 0) is 19.9 Å². The molecule has 0 bridgehead atoms. The number of carboxylic acids is 1. The van der Waals surface area contributed by atoms with Crippen molar-refractivity contribution in [1.82, 2.24) is 10.1 Å². The van der Waals surface area contributed by atoms with Crippen LogP contribution in [0.25, 0.3) is 0 Å². The van der Waals surface area contributed by atoms with Crippen LogP contribution in [0.4, 0.5) is 0 Å².